The molecule has 0 N–H and O–H groups in total. The van der Waals surface area contributed by atoms with Gasteiger partial charge in [0.15, 0.2) is 0 Å². The minimum atomic E-state index is 0.517. The lowest BCUT2D eigenvalue weighted by Crippen LogP contribution is -2.06. The molecule has 0 fully saturated rings. The summed E-state index contributed by atoms with van der Waals surface area (Å²) in [6, 6.07) is 5.91. The van der Waals surface area contributed by atoms with Crippen molar-refractivity contribution < 1.29 is 0 Å². The number of hydrogen-bond acceptors (Lipinski definition) is 1. The maximum atomic E-state index is 6.07. The maximum absolute atomic E-state index is 6.07. The molecule has 1 heterocycles. The Labute approximate surface area is 83.4 Å². The zero-order valence-electron chi connectivity index (χ0n) is 7.84. The van der Waals surface area contributed by atoms with E-state index in [0.717, 1.165) is 17.1 Å². The molecule has 0 bridgehead atoms. The Morgan fingerprint density at radius 3 is 2.77 bits per heavy atom. The molecule has 1 aliphatic rings. The molecule has 2 heteroatoms. The van der Waals surface area contributed by atoms with Gasteiger partial charge in [0.2, 0.25) is 0 Å². The van der Waals surface area contributed by atoms with Crippen LogP contribution in [0, 0.1) is 5.92 Å². The Balaban J connectivity index is 2.41. The quantitative estimate of drug-likeness (QED) is 0.646. The maximum Gasteiger partial charge on any atom is 0.0679 e. The first-order valence-electron chi connectivity index (χ1n) is 4.53. The van der Waals surface area contributed by atoms with Crippen LogP contribution >= 0.6 is 11.6 Å². The predicted octanol–water partition coefficient (Wildman–Crippen LogP) is 3.62. The van der Waals surface area contributed by atoms with Crippen LogP contribution in [-0.4, -0.2) is 5.71 Å². The predicted molar refractivity (Wildman–Crippen MR) is 57.1 cm³/mol. The van der Waals surface area contributed by atoms with Gasteiger partial charge in [-0.1, -0.05) is 31.5 Å². The van der Waals surface area contributed by atoms with Crippen LogP contribution < -0.4 is 0 Å². The monoisotopic (exact) mass is 193 g/mol. The van der Waals surface area contributed by atoms with Gasteiger partial charge in [-0.15, -0.1) is 0 Å². The van der Waals surface area contributed by atoms with E-state index in [1.54, 1.807) is 0 Å². The number of hydrogen-bond donors (Lipinski definition) is 0. The number of rotatable bonds is 1. The van der Waals surface area contributed by atoms with Crippen molar-refractivity contribution in [1.82, 2.24) is 0 Å². The van der Waals surface area contributed by atoms with Crippen LogP contribution in [0.1, 0.15) is 19.4 Å². The molecule has 1 aromatic carbocycles. The van der Waals surface area contributed by atoms with Gasteiger partial charge < -0.3 is 0 Å². The number of halogens is 1. The van der Waals surface area contributed by atoms with Gasteiger partial charge in [-0.05, 0) is 18.1 Å². The van der Waals surface area contributed by atoms with E-state index in [0.29, 0.717) is 5.92 Å². The minimum Gasteiger partial charge on any atom is -0.257 e. The fourth-order valence-electron chi connectivity index (χ4n) is 1.54. The average Bonchev–Trinajstić information content (AvgIpc) is 2.49. The standard InChI is InChI=1S/C11H12ClN/c1-7(2)11-6-8-9(12)4-3-5-10(8)13-11/h3-5,7H,6H2,1-2H3. The third kappa shape index (κ3) is 1.49. The van der Waals surface area contributed by atoms with E-state index >= 15 is 0 Å². The molecule has 0 amide bonds. The van der Waals surface area contributed by atoms with Crippen LogP contribution in [0.2, 0.25) is 5.02 Å². The van der Waals surface area contributed by atoms with Gasteiger partial charge in [-0.25, -0.2) is 0 Å². The fourth-order valence-corrected chi connectivity index (χ4v) is 1.77. The molecule has 0 saturated carbocycles. The molecule has 68 valence electrons. The van der Waals surface area contributed by atoms with Gasteiger partial charge in [0.1, 0.15) is 0 Å². The summed E-state index contributed by atoms with van der Waals surface area (Å²) < 4.78 is 0. The van der Waals surface area contributed by atoms with Crippen molar-refractivity contribution in [2.24, 2.45) is 10.9 Å². The highest BCUT2D eigenvalue weighted by Crippen LogP contribution is 2.33. The van der Waals surface area contributed by atoms with Gasteiger partial charge in [-0.2, -0.15) is 0 Å². The Hall–Kier alpha value is -0.820. The molecular formula is C11H12ClN. The van der Waals surface area contributed by atoms with Crippen molar-refractivity contribution in [2.45, 2.75) is 20.3 Å². The topological polar surface area (TPSA) is 12.4 Å². The molecule has 0 spiro atoms. The summed E-state index contributed by atoms with van der Waals surface area (Å²) in [6.45, 7) is 4.33. The molecule has 1 nitrogen and oxygen atoms in total. The highest BCUT2D eigenvalue weighted by atomic mass is 35.5. The smallest absolute Gasteiger partial charge is 0.0679 e. The van der Waals surface area contributed by atoms with E-state index in [9.17, 15) is 0 Å². The zero-order valence-corrected chi connectivity index (χ0v) is 8.60. The molecule has 13 heavy (non-hydrogen) atoms. The number of fused-ring (bicyclic) bond motifs is 1. The molecule has 1 aromatic rings. The van der Waals surface area contributed by atoms with Crippen LogP contribution in [0.15, 0.2) is 23.2 Å². The molecule has 0 aromatic heterocycles. The summed E-state index contributed by atoms with van der Waals surface area (Å²) in [6.07, 6.45) is 0.923. The Morgan fingerprint density at radius 1 is 1.38 bits per heavy atom. The molecule has 0 unspecified atom stereocenters. The molecular weight excluding hydrogens is 182 g/mol. The Kier molecular flexibility index (Phi) is 2.12. The summed E-state index contributed by atoms with van der Waals surface area (Å²) in [5, 5.41) is 0.844. The summed E-state index contributed by atoms with van der Waals surface area (Å²) in [5.41, 5.74) is 3.48. The van der Waals surface area contributed by atoms with Gasteiger partial charge in [-0.3, -0.25) is 4.99 Å². The Bertz CT molecular complexity index is 366. The highest BCUT2D eigenvalue weighted by Gasteiger charge is 2.18. The lowest BCUT2D eigenvalue weighted by molar-refractivity contribution is 0.871. The highest BCUT2D eigenvalue weighted by molar-refractivity contribution is 6.32. The second-order valence-electron chi connectivity index (χ2n) is 3.67. The van der Waals surface area contributed by atoms with Crippen molar-refractivity contribution in [1.29, 1.82) is 0 Å². The second-order valence-corrected chi connectivity index (χ2v) is 4.08. The molecule has 2 rings (SSSR count). The van der Waals surface area contributed by atoms with Crippen molar-refractivity contribution in [3.8, 4) is 0 Å². The molecule has 0 radical (unpaired) electrons. The lowest BCUT2D eigenvalue weighted by atomic mass is 10.0. The van der Waals surface area contributed by atoms with Crippen LogP contribution in [0.25, 0.3) is 0 Å². The SMILES string of the molecule is CC(C)C1=Nc2cccc(Cl)c2C1. The molecule has 0 atom stereocenters. The largest absolute Gasteiger partial charge is 0.257 e. The lowest BCUT2D eigenvalue weighted by Gasteiger charge is -2.02. The number of nitrogens with zero attached hydrogens (tertiary/aromatic N) is 1. The van der Waals surface area contributed by atoms with Gasteiger partial charge >= 0.3 is 0 Å². The van der Waals surface area contributed by atoms with Gasteiger partial charge in [0.25, 0.3) is 0 Å². The number of benzene rings is 1. The van der Waals surface area contributed by atoms with E-state index in [1.165, 1.54) is 11.3 Å². The molecule has 1 aliphatic heterocycles. The number of aliphatic imine (C=N–C) groups is 1. The van der Waals surface area contributed by atoms with Crippen LogP contribution in [-0.2, 0) is 6.42 Å². The van der Waals surface area contributed by atoms with E-state index in [2.05, 4.69) is 18.8 Å². The Morgan fingerprint density at radius 2 is 2.15 bits per heavy atom. The first-order chi connectivity index (χ1) is 6.18. The molecule has 0 saturated heterocycles. The molecule has 0 aliphatic carbocycles. The van der Waals surface area contributed by atoms with E-state index in [4.69, 9.17) is 11.6 Å². The third-order valence-electron chi connectivity index (χ3n) is 2.38. The fraction of sp³-hybridized carbons (Fsp3) is 0.364. The second kappa shape index (κ2) is 3.15. The van der Waals surface area contributed by atoms with Crippen LogP contribution in [0.5, 0.6) is 0 Å². The van der Waals surface area contributed by atoms with Crippen molar-refractivity contribution in [3.05, 3.63) is 28.8 Å². The summed E-state index contributed by atoms with van der Waals surface area (Å²) >= 11 is 6.07. The van der Waals surface area contributed by atoms with Crippen molar-refractivity contribution in [2.75, 3.05) is 0 Å². The summed E-state index contributed by atoms with van der Waals surface area (Å²) in [4.78, 5) is 4.54. The first kappa shape index (κ1) is 8.76. The van der Waals surface area contributed by atoms with Gasteiger partial charge in [0.05, 0.1) is 5.69 Å². The van der Waals surface area contributed by atoms with E-state index < -0.39 is 0 Å². The van der Waals surface area contributed by atoms with Crippen LogP contribution in [0.3, 0.4) is 0 Å². The summed E-state index contributed by atoms with van der Waals surface area (Å²) in [7, 11) is 0. The normalized spacial score (nSPS) is 14.6. The van der Waals surface area contributed by atoms with E-state index in [-0.39, 0.29) is 0 Å². The van der Waals surface area contributed by atoms with Crippen LogP contribution in [0.4, 0.5) is 5.69 Å². The summed E-state index contributed by atoms with van der Waals surface area (Å²) in [5.74, 6) is 0.517. The van der Waals surface area contributed by atoms with Crippen molar-refractivity contribution in [3.63, 3.8) is 0 Å². The third-order valence-corrected chi connectivity index (χ3v) is 2.74. The zero-order chi connectivity index (χ0) is 9.42. The average molecular weight is 194 g/mol. The van der Waals surface area contributed by atoms with E-state index in [1.807, 2.05) is 18.2 Å². The minimum absolute atomic E-state index is 0.517. The first-order valence-corrected chi connectivity index (χ1v) is 4.91. The van der Waals surface area contributed by atoms with Crippen molar-refractivity contribution >= 4 is 23.0 Å². The van der Waals surface area contributed by atoms with Gasteiger partial charge in [0, 0.05) is 22.7 Å².